The van der Waals surface area contributed by atoms with Crippen molar-refractivity contribution in [2.24, 2.45) is 11.5 Å². The van der Waals surface area contributed by atoms with Gasteiger partial charge in [-0.15, -0.1) is 12.4 Å². The summed E-state index contributed by atoms with van der Waals surface area (Å²) in [6, 6.07) is 4.53. The summed E-state index contributed by atoms with van der Waals surface area (Å²) in [7, 11) is 0. The average molecular weight is 320 g/mol. The predicted molar refractivity (Wildman–Crippen MR) is 83.3 cm³/mol. The molecule has 20 heavy (non-hydrogen) atoms. The molecule has 5 N–H and O–H groups in total. The Bertz CT molecular complexity index is 504. The van der Waals surface area contributed by atoms with Crippen molar-refractivity contribution >= 4 is 41.5 Å². The zero-order chi connectivity index (χ0) is 14.6. The molecular weight excluding hydrogens is 301 g/mol. The molecule has 0 aliphatic carbocycles. The van der Waals surface area contributed by atoms with Crippen molar-refractivity contribution in [1.82, 2.24) is 0 Å². The molecule has 0 aliphatic rings. The Morgan fingerprint density at radius 2 is 2.00 bits per heavy atom. The van der Waals surface area contributed by atoms with E-state index in [1.807, 2.05) is 6.92 Å². The van der Waals surface area contributed by atoms with Crippen molar-refractivity contribution in [3.63, 3.8) is 0 Å². The third kappa shape index (κ3) is 4.67. The second kappa shape index (κ2) is 7.47. The molecule has 0 radical (unpaired) electrons. The van der Waals surface area contributed by atoms with Crippen molar-refractivity contribution < 1.29 is 9.59 Å². The first-order valence-corrected chi connectivity index (χ1v) is 6.35. The number of halogens is 2. The minimum atomic E-state index is -0.957. The quantitative estimate of drug-likeness (QED) is 0.776. The van der Waals surface area contributed by atoms with Crippen LogP contribution in [0.1, 0.15) is 37.0 Å². The van der Waals surface area contributed by atoms with Crippen LogP contribution in [-0.2, 0) is 4.79 Å². The highest BCUT2D eigenvalue weighted by molar-refractivity contribution is 6.34. The number of rotatable bonds is 5. The van der Waals surface area contributed by atoms with Gasteiger partial charge in [-0.1, -0.05) is 24.9 Å². The molecule has 0 heterocycles. The lowest BCUT2D eigenvalue weighted by Gasteiger charge is -2.23. The van der Waals surface area contributed by atoms with Crippen molar-refractivity contribution in [2.45, 2.75) is 32.2 Å². The first kappa shape index (κ1) is 18.7. The van der Waals surface area contributed by atoms with Crippen LogP contribution in [-0.4, -0.2) is 17.4 Å². The van der Waals surface area contributed by atoms with E-state index in [-0.39, 0.29) is 28.9 Å². The number of nitrogens with one attached hydrogen (secondary N) is 1. The molecule has 112 valence electrons. The van der Waals surface area contributed by atoms with Gasteiger partial charge in [0.1, 0.15) is 0 Å². The van der Waals surface area contributed by atoms with E-state index in [4.69, 9.17) is 23.1 Å². The molecule has 1 unspecified atom stereocenters. The highest BCUT2D eigenvalue weighted by Crippen LogP contribution is 2.21. The molecule has 1 rings (SSSR count). The van der Waals surface area contributed by atoms with Crippen LogP contribution in [0.3, 0.4) is 0 Å². The van der Waals surface area contributed by atoms with Crippen LogP contribution >= 0.6 is 24.0 Å². The van der Waals surface area contributed by atoms with Crippen LogP contribution < -0.4 is 16.8 Å². The van der Waals surface area contributed by atoms with Crippen molar-refractivity contribution in [2.75, 3.05) is 5.32 Å². The van der Waals surface area contributed by atoms with Crippen molar-refractivity contribution in [1.29, 1.82) is 0 Å². The summed E-state index contributed by atoms with van der Waals surface area (Å²) in [5.41, 5.74) is 10.7. The van der Waals surface area contributed by atoms with E-state index < -0.39 is 11.4 Å². The molecule has 0 bridgehead atoms. The van der Waals surface area contributed by atoms with Crippen LogP contribution in [0.15, 0.2) is 18.2 Å². The molecule has 0 spiro atoms. The number of primary amides is 1. The van der Waals surface area contributed by atoms with Gasteiger partial charge in [-0.05, 0) is 31.5 Å². The van der Waals surface area contributed by atoms with E-state index in [0.717, 1.165) is 6.42 Å². The second-order valence-corrected chi connectivity index (χ2v) is 5.09. The van der Waals surface area contributed by atoms with Crippen LogP contribution in [0.25, 0.3) is 0 Å². The topological polar surface area (TPSA) is 98.2 Å². The van der Waals surface area contributed by atoms with Gasteiger partial charge < -0.3 is 16.8 Å². The Morgan fingerprint density at radius 1 is 1.40 bits per heavy atom. The highest BCUT2D eigenvalue weighted by atomic mass is 35.5. The van der Waals surface area contributed by atoms with Crippen molar-refractivity contribution in [3.05, 3.63) is 28.8 Å². The molecule has 1 aromatic rings. The molecule has 0 saturated carbocycles. The number of nitrogens with two attached hydrogens (primary N) is 2. The van der Waals surface area contributed by atoms with Gasteiger partial charge in [-0.2, -0.15) is 0 Å². The van der Waals surface area contributed by atoms with Gasteiger partial charge in [0.05, 0.1) is 16.1 Å². The fourth-order valence-electron chi connectivity index (χ4n) is 1.70. The van der Waals surface area contributed by atoms with Crippen LogP contribution in [0.5, 0.6) is 0 Å². The van der Waals surface area contributed by atoms with E-state index in [2.05, 4.69) is 5.32 Å². The molecular formula is C13H19Cl2N3O2. The highest BCUT2D eigenvalue weighted by Gasteiger charge is 2.27. The van der Waals surface area contributed by atoms with E-state index in [0.29, 0.717) is 12.1 Å². The van der Waals surface area contributed by atoms with E-state index >= 15 is 0 Å². The number of anilines is 1. The SMILES string of the molecule is CCCC(C)(N)C(=O)Nc1ccc(Cl)c(C(N)=O)c1.Cl. The Kier molecular flexibility index (Phi) is 6.99. The molecule has 1 atom stereocenters. The van der Waals surface area contributed by atoms with Crippen LogP contribution in [0, 0.1) is 0 Å². The van der Waals surface area contributed by atoms with E-state index in [9.17, 15) is 9.59 Å². The molecule has 5 nitrogen and oxygen atoms in total. The Balaban J connectivity index is 0.00000361. The van der Waals surface area contributed by atoms with Gasteiger partial charge in [0.15, 0.2) is 0 Å². The van der Waals surface area contributed by atoms with Crippen LogP contribution in [0.2, 0.25) is 5.02 Å². The average Bonchev–Trinajstić information content (AvgIpc) is 2.31. The Hall–Kier alpha value is -1.30. The maximum atomic E-state index is 12.0. The van der Waals surface area contributed by atoms with Gasteiger partial charge in [-0.25, -0.2) is 0 Å². The number of benzene rings is 1. The third-order valence-corrected chi connectivity index (χ3v) is 3.11. The summed E-state index contributed by atoms with van der Waals surface area (Å²) in [5.74, 6) is -0.961. The van der Waals surface area contributed by atoms with E-state index in [1.54, 1.807) is 13.0 Å². The second-order valence-electron chi connectivity index (χ2n) is 4.68. The van der Waals surface area contributed by atoms with Gasteiger partial charge in [0.25, 0.3) is 0 Å². The van der Waals surface area contributed by atoms with Gasteiger partial charge in [0.2, 0.25) is 11.8 Å². The molecule has 0 fully saturated rings. The maximum Gasteiger partial charge on any atom is 0.250 e. The summed E-state index contributed by atoms with van der Waals surface area (Å²) in [5, 5.41) is 2.90. The lowest BCUT2D eigenvalue weighted by atomic mass is 9.96. The summed E-state index contributed by atoms with van der Waals surface area (Å²) >= 11 is 5.83. The smallest absolute Gasteiger partial charge is 0.250 e. The number of hydrogen-bond acceptors (Lipinski definition) is 3. The minimum absolute atomic E-state index is 0. The first-order chi connectivity index (χ1) is 8.77. The normalized spacial score (nSPS) is 13.0. The number of amides is 2. The summed E-state index contributed by atoms with van der Waals surface area (Å²) < 4.78 is 0. The lowest BCUT2D eigenvalue weighted by Crippen LogP contribution is -2.48. The number of carbonyl (C=O) groups excluding carboxylic acids is 2. The molecule has 0 aliphatic heterocycles. The van der Waals surface area contributed by atoms with Gasteiger partial charge in [0, 0.05) is 5.69 Å². The largest absolute Gasteiger partial charge is 0.366 e. The minimum Gasteiger partial charge on any atom is -0.366 e. The molecule has 7 heteroatoms. The van der Waals surface area contributed by atoms with Gasteiger partial charge in [-0.3, -0.25) is 9.59 Å². The summed E-state index contributed by atoms with van der Waals surface area (Å²) in [6.45, 7) is 3.61. The van der Waals surface area contributed by atoms with E-state index in [1.165, 1.54) is 12.1 Å². The van der Waals surface area contributed by atoms with Crippen molar-refractivity contribution in [3.8, 4) is 0 Å². The number of carbonyl (C=O) groups is 2. The molecule has 1 aromatic carbocycles. The summed E-state index contributed by atoms with van der Waals surface area (Å²) in [6.07, 6.45) is 1.36. The van der Waals surface area contributed by atoms with Gasteiger partial charge >= 0.3 is 0 Å². The molecule has 2 amide bonds. The predicted octanol–water partition coefficient (Wildman–Crippen LogP) is 2.32. The lowest BCUT2D eigenvalue weighted by molar-refractivity contribution is -0.120. The zero-order valence-corrected chi connectivity index (χ0v) is 13.0. The Morgan fingerprint density at radius 3 is 2.50 bits per heavy atom. The van der Waals surface area contributed by atoms with Crippen LogP contribution in [0.4, 0.5) is 5.69 Å². The first-order valence-electron chi connectivity index (χ1n) is 5.97. The molecule has 0 aromatic heterocycles. The third-order valence-electron chi connectivity index (χ3n) is 2.78. The Labute approximate surface area is 129 Å². The monoisotopic (exact) mass is 319 g/mol. The maximum absolute atomic E-state index is 12.0. The fourth-order valence-corrected chi connectivity index (χ4v) is 1.91. The summed E-state index contributed by atoms with van der Waals surface area (Å²) in [4.78, 5) is 23.2. The zero-order valence-electron chi connectivity index (χ0n) is 11.4. The standard InChI is InChI=1S/C13H18ClN3O2.ClH/c1-3-6-13(2,16)12(19)17-8-4-5-10(14)9(7-8)11(15)18;/h4-5,7H,3,6,16H2,1-2H3,(H2,15,18)(H,17,19);1H. The fraction of sp³-hybridized carbons (Fsp3) is 0.385. The molecule has 0 saturated heterocycles. The number of hydrogen-bond donors (Lipinski definition) is 3.